The van der Waals surface area contributed by atoms with Gasteiger partial charge in [-0.3, -0.25) is 14.4 Å². The van der Waals surface area contributed by atoms with Crippen LogP contribution in [0.4, 0.5) is 0 Å². The summed E-state index contributed by atoms with van der Waals surface area (Å²) in [6, 6.07) is 0. The zero-order valence-corrected chi connectivity index (χ0v) is 44.0. The van der Waals surface area contributed by atoms with Gasteiger partial charge in [0.1, 0.15) is 13.2 Å². The maximum absolute atomic E-state index is 12.8. The Balaban J connectivity index is 4.64. The Morgan fingerprint density at radius 2 is 0.609 bits per heavy atom. The monoisotopic (exact) mass is 951 g/mol. The molecule has 0 rings (SSSR count). The molecule has 0 aromatic rings. The number of unbranched alkanes of at least 4 members (excludes halogenated alkanes) is 12. The zero-order chi connectivity index (χ0) is 50.0. The van der Waals surface area contributed by atoms with Crippen molar-refractivity contribution in [3.63, 3.8) is 0 Å². The van der Waals surface area contributed by atoms with Crippen molar-refractivity contribution in [2.75, 3.05) is 13.2 Å². The highest BCUT2D eigenvalue weighted by Gasteiger charge is 2.19. The summed E-state index contributed by atoms with van der Waals surface area (Å²) in [4.78, 5) is 38.0. The van der Waals surface area contributed by atoms with Crippen molar-refractivity contribution in [3.8, 4) is 0 Å². The second-order valence-corrected chi connectivity index (χ2v) is 17.4. The fourth-order valence-corrected chi connectivity index (χ4v) is 6.79. The van der Waals surface area contributed by atoms with Crippen molar-refractivity contribution in [1.29, 1.82) is 0 Å². The lowest BCUT2D eigenvalue weighted by Crippen LogP contribution is -2.30. The molecule has 6 nitrogen and oxygen atoms in total. The van der Waals surface area contributed by atoms with Gasteiger partial charge >= 0.3 is 17.9 Å². The molecule has 0 saturated carbocycles. The summed E-state index contributed by atoms with van der Waals surface area (Å²) in [6.07, 6.45) is 79.9. The van der Waals surface area contributed by atoms with Crippen LogP contribution in [0.2, 0.25) is 0 Å². The molecule has 0 heterocycles. The Hall–Kier alpha value is -4.71. The summed E-state index contributed by atoms with van der Waals surface area (Å²) in [5, 5.41) is 0. The van der Waals surface area contributed by atoms with E-state index in [1.807, 2.05) is 12.2 Å². The van der Waals surface area contributed by atoms with E-state index >= 15 is 0 Å². The minimum Gasteiger partial charge on any atom is -0.462 e. The second kappa shape index (κ2) is 55.9. The number of allylic oxidation sites excluding steroid dienone is 24. The Kier molecular flexibility index (Phi) is 52.1. The van der Waals surface area contributed by atoms with E-state index in [2.05, 4.69) is 154 Å². The molecule has 0 fully saturated rings. The quantitative estimate of drug-likeness (QED) is 0.0262. The number of rotatable bonds is 47. The van der Waals surface area contributed by atoms with E-state index in [9.17, 15) is 14.4 Å². The molecule has 69 heavy (non-hydrogen) atoms. The first-order valence-electron chi connectivity index (χ1n) is 27.3. The van der Waals surface area contributed by atoms with Gasteiger partial charge in [-0.05, 0) is 122 Å². The van der Waals surface area contributed by atoms with Crippen molar-refractivity contribution in [1.82, 2.24) is 0 Å². The highest BCUT2D eigenvalue weighted by molar-refractivity contribution is 5.71. The molecule has 386 valence electrons. The topological polar surface area (TPSA) is 78.9 Å². The summed E-state index contributed by atoms with van der Waals surface area (Å²) in [5.74, 6) is -1.10. The number of ether oxygens (including phenoxy) is 3. The lowest BCUT2D eigenvalue weighted by atomic mass is 10.1. The number of esters is 3. The van der Waals surface area contributed by atoms with E-state index in [0.717, 1.165) is 116 Å². The summed E-state index contributed by atoms with van der Waals surface area (Å²) in [6.45, 7) is 6.26. The van der Waals surface area contributed by atoms with Crippen LogP contribution in [0.15, 0.2) is 146 Å². The van der Waals surface area contributed by atoms with Gasteiger partial charge < -0.3 is 14.2 Å². The number of carbonyl (C=O) groups is 3. The van der Waals surface area contributed by atoms with Gasteiger partial charge in [-0.1, -0.05) is 218 Å². The standard InChI is InChI=1S/C63H98O6/c1-4-7-10-13-16-19-22-25-28-30-31-33-36-39-42-45-48-51-54-57-63(66)69-60(58-67-61(64)55-52-49-46-43-40-37-34-27-24-21-18-15-12-9-6-3)59-68-62(65)56-53-50-47-44-41-38-35-32-29-26-23-20-17-14-11-8-5-2/h7,9-10,12,16,18-19,21,25-29,31,33-35,38-39,42,44,47-48,51,60H,4-6,8,11,13-15,17,20,22-24,30,32,36-37,40-41,43,45-46,49-50,52-59H2,1-3H3/b10-7-,12-9-,19-16-,21-18-,28-25-,29-26-,33-31-,34-27-,38-35-,42-39-,47-44-,51-48-/t60-/m1/s1. The van der Waals surface area contributed by atoms with Gasteiger partial charge in [-0.25, -0.2) is 0 Å². The van der Waals surface area contributed by atoms with Crippen molar-refractivity contribution < 1.29 is 28.6 Å². The first-order valence-corrected chi connectivity index (χ1v) is 27.3. The van der Waals surface area contributed by atoms with Crippen LogP contribution in [0.3, 0.4) is 0 Å². The SMILES string of the molecule is CC/C=C\C/C=C\C/C=C\C/C=C\C/C=C\C/C=C\CCC(=O)O[C@@H](COC(=O)CCC/C=C\C/C=C\C/C=C\CCCCCCCC)COC(=O)CCCCCCC/C=C\C/C=C\C/C=C\CC. The predicted octanol–water partition coefficient (Wildman–Crippen LogP) is 18.4. The molecular weight excluding hydrogens is 853 g/mol. The van der Waals surface area contributed by atoms with Crippen LogP contribution in [0.1, 0.15) is 213 Å². The molecule has 0 amide bonds. The van der Waals surface area contributed by atoms with Crippen molar-refractivity contribution in [2.24, 2.45) is 0 Å². The third-order valence-electron chi connectivity index (χ3n) is 10.8. The number of hydrogen-bond donors (Lipinski definition) is 0. The summed E-state index contributed by atoms with van der Waals surface area (Å²) < 4.78 is 16.7. The molecule has 0 aliphatic rings. The Bertz CT molecular complexity index is 1560. The van der Waals surface area contributed by atoms with E-state index in [0.29, 0.717) is 19.3 Å². The molecular formula is C63H98O6. The van der Waals surface area contributed by atoms with Gasteiger partial charge in [-0.2, -0.15) is 0 Å². The molecule has 0 aromatic heterocycles. The smallest absolute Gasteiger partial charge is 0.306 e. The van der Waals surface area contributed by atoms with Crippen LogP contribution in [0.25, 0.3) is 0 Å². The number of hydrogen-bond acceptors (Lipinski definition) is 6. The molecule has 0 unspecified atom stereocenters. The minimum absolute atomic E-state index is 0.139. The molecule has 0 saturated heterocycles. The Labute approximate surface area is 423 Å². The first kappa shape index (κ1) is 64.3. The van der Waals surface area contributed by atoms with Crippen LogP contribution < -0.4 is 0 Å². The van der Waals surface area contributed by atoms with Crippen LogP contribution in [-0.2, 0) is 28.6 Å². The Morgan fingerprint density at radius 1 is 0.304 bits per heavy atom. The lowest BCUT2D eigenvalue weighted by Gasteiger charge is -2.18. The molecule has 1 atom stereocenters. The third kappa shape index (κ3) is 54.1. The zero-order valence-electron chi connectivity index (χ0n) is 44.0. The van der Waals surface area contributed by atoms with Crippen LogP contribution in [0, 0.1) is 0 Å². The maximum Gasteiger partial charge on any atom is 0.306 e. The van der Waals surface area contributed by atoms with E-state index in [-0.39, 0.29) is 38.0 Å². The van der Waals surface area contributed by atoms with E-state index in [4.69, 9.17) is 14.2 Å². The summed E-state index contributed by atoms with van der Waals surface area (Å²) in [7, 11) is 0. The second-order valence-electron chi connectivity index (χ2n) is 17.4. The number of carbonyl (C=O) groups excluding carboxylic acids is 3. The van der Waals surface area contributed by atoms with E-state index < -0.39 is 12.1 Å². The van der Waals surface area contributed by atoms with Crippen molar-refractivity contribution in [3.05, 3.63) is 146 Å². The van der Waals surface area contributed by atoms with Crippen LogP contribution in [-0.4, -0.2) is 37.2 Å². The van der Waals surface area contributed by atoms with E-state index in [1.54, 1.807) is 0 Å². The predicted molar refractivity (Wildman–Crippen MR) is 297 cm³/mol. The average Bonchev–Trinajstić information content (AvgIpc) is 3.35. The fourth-order valence-electron chi connectivity index (χ4n) is 6.79. The molecule has 0 aromatic carbocycles. The normalized spacial score (nSPS) is 13.3. The molecule has 0 bridgehead atoms. The molecule has 0 radical (unpaired) electrons. The van der Waals surface area contributed by atoms with Crippen molar-refractivity contribution >= 4 is 17.9 Å². The molecule has 6 heteroatoms. The third-order valence-corrected chi connectivity index (χ3v) is 10.8. The first-order chi connectivity index (χ1) is 34.0. The largest absolute Gasteiger partial charge is 0.462 e. The summed E-state index contributed by atoms with van der Waals surface area (Å²) >= 11 is 0. The van der Waals surface area contributed by atoms with Gasteiger partial charge in [0.15, 0.2) is 6.10 Å². The molecule has 0 aliphatic carbocycles. The fraction of sp³-hybridized carbons (Fsp3) is 0.571. The molecule has 0 aliphatic heterocycles. The Morgan fingerprint density at radius 3 is 1.00 bits per heavy atom. The highest BCUT2D eigenvalue weighted by atomic mass is 16.6. The van der Waals surface area contributed by atoms with Crippen molar-refractivity contribution in [2.45, 2.75) is 219 Å². The van der Waals surface area contributed by atoms with Gasteiger partial charge in [0, 0.05) is 19.3 Å². The maximum atomic E-state index is 12.8. The van der Waals surface area contributed by atoms with Gasteiger partial charge in [0.25, 0.3) is 0 Å². The van der Waals surface area contributed by atoms with E-state index in [1.165, 1.54) is 44.9 Å². The molecule has 0 N–H and O–H groups in total. The molecule has 0 spiro atoms. The van der Waals surface area contributed by atoms with Gasteiger partial charge in [0.2, 0.25) is 0 Å². The van der Waals surface area contributed by atoms with Gasteiger partial charge in [-0.15, -0.1) is 0 Å². The lowest BCUT2D eigenvalue weighted by molar-refractivity contribution is -0.166. The highest BCUT2D eigenvalue weighted by Crippen LogP contribution is 2.11. The van der Waals surface area contributed by atoms with Gasteiger partial charge in [0.05, 0.1) is 0 Å². The minimum atomic E-state index is -0.853. The average molecular weight is 951 g/mol. The van der Waals surface area contributed by atoms with Crippen LogP contribution >= 0.6 is 0 Å². The van der Waals surface area contributed by atoms with Crippen LogP contribution in [0.5, 0.6) is 0 Å². The summed E-state index contributed by atoms with van der Waals surface area (Å²) in [5.41, 5.74) is 0.